The number of likely N-dealkylation sites (tertiary alicyclic amines) is 1. The van der Waals surface area contributed by atoms with Gasteiger partial charge in [0.2, 0.25) is 5.91 Å². The highest BCUT2D eigenvalue weighted by atomic mass is 32.1. The highest BCUT2D eigenvalue weighted by molar-refractivity contribution is 7.18. The molecule has 2 N–H and O–H groups in total. The number of methoxy groups -OCH3 is 1. The lowest BCUT2D eigenvalue weighted by Crippen LogP contribution is -2.35. The van der Waals surface area contributed by atoms with Crippen molar-refractivity contribution < 1.29 is 14.3 Å². The summed E-state index contributed by atoms with van der Waals surface area (Å²) in [5.41, 5.74) is 1.64. The number of rotatable bonds is 6. The molecule has 2 aromatic carbocycles. The minimum absolute atomic E-state index is 0.0306. The second kappa shape index (κ2) is 9.13. The number of carbonyl (C=O) groups is 2. The molecule has 1 aromatic heterocycles. The average molecular weight is 425 g/mol. The van der Waals surface area contributed by atoms with E-state index in [9.17, 15) is 9.59 Å². The predicted octanol–water partition coefficient (Wildman–Crippen LogP) is 4.18. The minimum atomic E-state index is -0.336. The summed E-state index contributed by atoms with van der Waals surface area (Å²) in [4.78, 5) is 31.5. The lowest BCUT2D eigenvalue weighted by molar-refractivity contribution is -0.132. The van der Waals surface area contributed by atoms with E-state index in [0.29, 0.717) is 5.69 Å². The number of benzene rings is 2. The van der Waals surface area contributed by atoms with Crippen molar-refractivity contribution in [3.8, 4) is 5.75 Å². The van der Waals surface area contributed by atoms with Crippen LogP contribution in [-0.2, 0) is 4.79 Å². The third-order valence-electron chi connectivity index (χ3n) is 5.14. The zero-order chi connectivity index (χ0) is 20.9. The zero-order valence-corrected chi connectivity index (χ0v) is 17.6. The van der Waals surface area contributed by atoms with Crippen LogP contribution in [0.1, 0.15) is 30.3 Å². The number of amides is 3. The first-order valence-electron chi connectivity index (χ1n) is 9.98. The molecular formula is C22H24N4O3S. The van der Waals surface area contributed by atoms with Crippen LogP contribution < -0.4 is 15.4 Å². The number of carbonyl (C=O) groups excluding carboxylic acids is 2. The van der Waals surface area contributed by atoms with Crippen molar-refractivity contribution in [1.82, 2.24) is 15.2 Å². The Morgan fingerprint density at radius 3 is 2.77 bits per heavy atom. The summed E-state index contributed by atoms with van der Waals surface area (Å²) in [6.45, 7) is 1.02. The summed E-state index contributed by atoms with van der Waals surface area (Å²) in [7, 11) is 1.59. The lowest BCUT2D eigenvalue weighted by Gasteiger charge is -2.23. The van der Waals surface area contributed by atoms with Crippen molar-refractivity contribution in [2.24, 2.45) is 0 Å². The van der Waals surface area contributed by atoms with Crippen LogP contribution in [0.15, 0.2) is 48.5 Å². The first-order valence-corrected chi connectivity index (χ1v) is 10.8. The fraction of sp³-hybridized carbons (Fsp3) is 0.318. The van der Waals surface area contributed by atoms with Crippen LogP contribution in [0.2, 0.25) is 0 Å². The van der Waals surface area contributed by atoms with Gasteiger partial charge in [-0.05, 0) is 49.2 Å². The number of anilines is 1. The van der Waals surface area contributed by atoms with Gasteiger partial charge in [0.05, 0.1) is 23.4 Å². The molecule has 2 heterocycles. The first kappa shape index (κ1) is 20.2. The van der Waals surface area contributed by atoms with Crippen LogP contribution >= 0.6 is 11.3 Å². The van der Waals surface area contributed by atoms with Gasteiger partial charge in [0.1, 0.15) is 10.8 Å². The van der Waals surface area contributed by atoms with Crippen molar-refractivity contribution in [3.63, 3.8) is 0 Å². The van der Waals surface area contributed by atoms with E-state index in [0.717, 1.165) is 40.4 Å². The number of fused-ring (bicyclic) bond motifs is 1. The van der Waals surface area contributed by atoms with Crippen molar-refractivity contribution >= 4 is 39.2 Å². The molecule has 1 unspecified atom stereocenters. The molecule has 7 nitrogen and oxygen atoms in total. The Hall–Kier alpha value is -3.13. The zero-order valence-electron chi connectivity index (χ0n) is 16.8. The maximum Gasteiger partial charge on any atom is 0.319 e. The molecule has 1 fully saturated rings. The molecule has 1 atom stereocenters. The second-order valence-corrected chi connectivity index (χ2v) is 8.19. The van der Waals surface area contributed by atoms with Gasteiger partial charge in [-0.25, -0.2) is 9.78 Å². The summed E-state index contributed by atoms with van der Waals surface area (Å²) in [6.07, 6.45) is 2.16. The predicted molar refractivity (Wildman–Crippen MR) is 118 cm³/mol. The van der Waals surface area contributed by atoms with Gasteiger partial charge in [-0.15, -0.1) is 11.3 Å². The molecule has 30 heavy (non-hydrogen) atoms. The fourth-order valence-corrected chi connectivity index (χ4v) is 4.75. The van der Waals surface area contributed by atoms with Gasteiger partial charge >= 0.3 is 6.03 Å². The van der Waals surface area contributed by atoms with Crippen molar-refractivity contribution in [2.75, 3.05) is 25.5 Å². The third-order valence-corrected chi connectivity index (χ3v) is 6.28. The Morgan fingerprint density at radius 2 is 2.00 bits per heavy atom. The molecule has 1 aliphatic heterocycles. The van der Waals surface area contributed by atoms with E-state index >= 15 is 0 Å². The standard InChI is InChI=1S/C22H24N4O3S/c1-29-16-10-8-15(9-11-16)24-22(28)23-13-12-20(27)26-14-4-6-18(26)21-25-17-5-2-3-7-19(17)30-21/h2-3,5,7-11,18H,4,6,12-14H2,1H3,(H2,23,24,28). The van der Waals surface area contributed by atoms with E-state index < -0.39 is 0 Å². The summed E-state index contributed by atoms with van der Waals surface area (Å²) in [5, 5.41) is 6.49. The van der Waals surface area contributed by atoms with Gasteiger partial charge in [-0.1, -0.05) is 12.1 Å². The van der Waals surface area contributed by atoms with Crippen molar-refractivity contribution in [3.05, 3.63) is 53.5 Å². The lowest BCUT2D eigenvalue weighted by atomic mass is 10.2. The highest BCUT2D eigenvalue weighted by Crippen LogP contribution is 2.36. The van der Waals surface area contributed by atoms with Gasteiger partial charge < -0.3 is 20.3 Å². The van der Waals surface area contributed by atoms with Crippen LogP contribution in [0, 0.1) is 0 Å². The van der Waals surface area contributed by atoms with Crippen LogP contribution in [-0.4, -0.2) is 42.0 Å². The molecule has 8 heteroatoms. The smallest absolute Gasteiger partial charge is 0.319 e. The molecule has 0 bridgehead atoms. The molecule has 1 saturated heterocycles. The molecule has 0 aliphatic carbocycles. The van der Waals surface area contributed by atoms with E-state index in [-0.39, 0.29) is 30.9 Å². The number of nitrogens with one attached hydrogen (secondary N) is 2. The molecule has 0 spiro atoms. The number of thiazole rings is 1. The van der Waals surface area contributed by atoms with Crippen LogP contribution in [0.5, 0.6) is 5.75 Å². The first-order chi connectivity index (χ1) is 14.6. The topological polar surface area (TPSA) is 83.6 Å². The Bertz CT molecular complexity index is 1000. The van der Waals surface area contributed by atoms with E-state index in [1.165, 1.54) is 0 Å². The van der Waals surface area contributed by atoms with E-state index in [1.54, 1.807) is 42.7 Å². The Labute approximate surface area is 179 Å². The number of urea groups is 1. The highest BCUT2D eigenvalue weighted by Gasteiger charge is 2.31. The van der Waals surface area contributed by atoms with Crippen LogP contribution in [0.4, 0.5) is 10.5 Å². The molecule has 156 valence electrons. The Balaban J connectivity index is 1.29. The van der Waals surface area contributed by atoms with Gasteiger partial charge in [-0.2, -0.15) is 0 Å². The normalized spacial score (nSPS) is 15.9. The van der Waals surface area contributed by atoms with E-state index in [2.05, 4.69) is 16.7 Å². The number of hydrogen-bond acceptors (Lipinski definition) is 5. The van der Waals surface area contributed by atoms with Crippen LogP contribution in [0.3, 0.4) is 0 Å². The summed E-state index contributed by atoms with van der Waals surface area (Å²) >= 11 is 1.65. The summed E-state index contributed by atoms with van der Waals surface area (Å²) in [5.74, 6) is 0.765. The minimum Gasteiger partial charge on any atom is -0.497 e. The average Bonchev–Trinajstić information content (AvgIpc) is 3.41. The van der Waals surface area contributed by atoms with Gasteiger partial charge in [-0.3, -0.25) is 4.79 Å². The Morgan fingerprint density at radius 1 is 1.20 bits per heavy atom. The molecule has 3 aromatic rings. The number of aromatic nitrogens is 1. The second-order valence-electron chi connectivity index (χ2n) is 7.12. The maximum atomic E-state index is 12.8. The van der Waals surface area contributed by atoms with Gasteiger partial charge in [0, 0.05) is 25.2 Å². The van der Waals surface area contributed by atoms with Gasteiger partial charge in [0.25, 0.3) is 0 Å². The SMILES string of the molecule is COc1ccc(NC(=O)NCCC(=O)N2CCCC2c2nc3ccccc3s2)cc1. The third kappa shape index (κ3) is 4.54. The molecule has 1 aliphatic rings. The Kier molecular flexibility index (Phi) is 6.13. The van der Waals surface area contributed by atoms with Crippen molar-refractivity contribution in [2.45, 2.75) is 25.3 Å². The summed E-state index contributed by atoms with van der Waals surface area (Å²) in [6, 6.07) is 14.8. The van der Waals surface area contributed by atoms with Gasteiger partial charge in [0.15, 0.2) is 0 Å². The molecule has 3 amide bonds. The number of para-hydroxylation sites is 1. The quantitative estimate of drug-likeness (QED) is 0.622. The molecular weight excluding hydrogens is 400 g/mol. The van der Waals surface area contributed by atoms with E-state index in [1.807, 2.05) is 23.1 Å². The van der Waals surface area contributed by atoms with E-state index in [4.69, 9.17) is 9.72 Å². The number of ether oxygens (including phenoxy) is 1. The van der Waals surface area contributed by atoms with Crippen molar-refractivity contribution in [1.29, 1.82) is 0 Å². The van der Waals surface area contributed by atoms with Crippen LogP contribution in [0.25, 0.3) is 10.2 Å². The molecule has 0 saturated carbocycles. The number of nitrogens with zero attached hydrogens (tertiary/aromatic N) is 2. The summed E-state index contributed by atoms with van der Waals surface area (Å²) < 4.78 is 6.24. The molecule has 0 radical (unpaired) electrons. The maximum absolute atomic E-state index is 12.8. The fourth-order valence-electron chi connectivity index (χ4n) is 3.63. The number of hydrogen-bond donors (Lipinski definition) is 2. The molecule has 4 rings (SSSR count). The largest absolute Gasteiger partial charge is 0.497 e. The monoisotopic (exact) mass is 424 g/mol.